The fourth-order valence-electron chi connectivity index (χ4n) is 4.90. The van der Waals surface area contributed by atoms with Crippen molar-refractivity contribution in [3.63, 3.8) is 0 Å². The fourth-order valence-corrected chi connectivity index (χ4v) is 4.90. The zero-order valence-corrected chi connectivity index (χ0v) is 21.3. The Morgan fingerprint density at radius 1 is 1.05 bits per heavy atom. The van der Waals surface area contributed by atoms with E-state index in [2.05, 4.69) is 4.57 Å². The molecule has 1 fully saturated rings. The molecule has 0 N–H and O–H groups in total. The molecule has 0 bridgehead atoms. The van der Waals surface area contributed by atoms with Crippen molar-refractivity contribution in [2.45, 2.75) is 39.3 Å². The largest absolute Gasteiger partial charge is 0.497 e. The molecule has 1 saturated heterocycles. The maximum atomic E-state index is 13.2. The predicted octanol–water partition coefficient (Wildman–Crippen LogP) is 5.55. The summed E-state index contributed by atoms with van der Waals surface area (Å²) < 4.78 is 18.7. The van der Waals surface area contributed by atoms with Crippen LogP contribution in [0.15, 0.2) is 60.7 Å². The van der Waals surface area contributed by atoms with E-state index in [0.717, 1.165) is 48.7 Å². The number of benzene rings is 2. The van der Waals surface area contributed by atoms with Gasteiger partial charge in [-0.05, 0) is 69.2 Å². The minimum Gasteiger partial charge on any atom is -0.497 e. The molecule has 2 aromatic heterocycles. The molecule has 1 atom stereocenters. The highest BCUT2D eigenvalue weighted by atomic mass is 16.5. The number of ether oxygens (including phenoxy) is 3. The molecule has 7 nitrogen and oxygen atoms in total. The molecule has 190 valence electrons. The van der Waals surface area contributed by atoms with Crippen LogP contribution in [0.2, 0.25) is 0 Å². The summed E-state index contributed by atoms with van der Waals surface area (Å²) in [5.41, 5.74) is 4.95. The molecule has 1 aliphatic rings. The average Bonchev–Trinajstić information content (AvgIpc) is 3.55. The standard InChI is InChI=1S/C30H30N2O5/c1-19-15-25(20(2)32(19)17-23-7-6-14-36-23)29(33)18-37-30(34)26-16-28(21-10-12-22(35-3)13-11-21)31-27-9-5-4-8-24(26)27/h4-5,8-13,15-16,23H,6-7,14,17-18H2,1-3H3. The number of aryl methyl sites for hydroxylation is 1. The van der Waals surface area contributed by atoms with E-state index in [1.807, 2.05) is 68.4 Å². The second kappa shape index (κ2) is 10.6. The first-order chi connectivity index (χ1) is 17.9. The lowest BCUT2D eigenvalue weighted by atomic mass is 10.0. The van der Waals surface area contributed by atoms with Crippen LogP contribution in [0.3, 0.4) is 0 Å². The number of methoxy groups -OCH3 is 1. The van der Waals surface area contributed by atoms with Crippen LogP contribution in [0.4, 0.5) is 0 Å². The summed E-state index contributed by atoms with van der Waals surface area (Å²) in [4.78, 5) is 31.0. The monoisotopic (exact) mass is 498 g/mol. The van der Waals surface area contributed by atoms with Gasteiger partial charge in [-0.15, -0.1) is 0 Å². The number of rotatable bonds is 8. The summed E-state index contributed by atoms with van der Waals surface area (Å²) in [5, 5.41) is 0.673. The lowest BCUT2D eigenvalue weighted by molar-refractivity contribution is 0.0476. The Labute approximate surface area is 216 Å². The first-order valence-corrected chi connectivity index (χ1v) is 12.5. The third-order valence-electron chi connectivity index (χ3n) is 6.94. The van der Waals surface area contributed by atoms with Gasteiger partial charge in [-0.3, -0.25) is 4.79 Å². The number of carbonyl (C=O) groups is 2. The number of ketones is 1. The molecule has 0 amide bonds. The van der Waals surface area contributed by atoms with E-state index in [4.69, 9.17) is 19.2 Å². The summed E-state index contributed by atoms with van der Waals surface area (Å²) in [6, 6.07) is 18.5. The van der Waals surface area contributed by atoms with Crippen LogP contribution in [0.25, 0.3) is 22.2 Å². The molecule has 0 radical (unpaired) electrons. The molecule has 1 unspecified atom stereocenters. The number of hydrogen-bond acceptors (Lipinski definition) is 6. The number of fused-ring (bicyclic) bond motifs is 1. The fraction of sp³-hybridized carbons (Fsp3) is 0.300. The van der Waals surface area contributed by atoms with Crippen LogP contribution in [-0.4, -0.2) is 47.7 Å². The number of esters is 1. The third kappa shape index (κ3) is 5.13. The van der Waals surface area contributed by atoms with Crippen LogP contribution < -0.4 is 4.74 Å². The van der Waals surface area contributed by atoms with Crippen molar-refractivity contribution >= 4 is 22.7 Å². The highest BCUT2D eigenvalue weighted by Gasteiger charge is 2.22. The molecule has 3 heterocycles. The van der Waals surface area contributed by atoms with E-state index in [1.165, 1.54) is 0 Å². The second-order valence-corrected chi connectivity index (χ2v) is 9.33. The maximum absolute atomic E-state index is 13.2. The Hall–Kier alpha value is -3.97. The van der Waals surface area contributed by atoms with Crippen LogP contribution >= 0.6 is 0 Å². The van der Waals surface area contributed by atoms with Crippen LogP contribution in [-0.2, 0) is 16.0 Å². The van der Waals surface area contributed by atoms with Gasteiger partial charge in [0.2, 0.25) is 5.78 Å². The highest BCUT2D eigenvalue weighted by molar-refractivity contribution is 6.06. The zero-order valence-electron chi connectivity index (χ0n) is 21.3. The van der Waals surface area contributed by atoms with Gasteiger partial charge in [0.25, 0.3) is 0 Å². The van der Waals surface area contributed by atoms with Gasteiger partial charge in [0.05, 0.1) is 30.0 Å². The van der Waals surface area contributed by atoms with Crippen molar-refractivity contribution in [3.05, 3.63) is 83.2 Å². The molecule has 4 aromatic rings. The number of Topliss-reactive ketones (excluding diaryl/α,β-unsaturated/α-hetero) is 1. The quantitative estimate of drug-likeness (QED) is 0.234. The normalized spacial score (nSPS) is 15.2. The van der Waals surface area contributed by atoms with Gasteiger partial charge in [-0.1, -0.05) is 18.2 Å². The number of nitrogens with zero attached hydrogens (tertiary/aromatic N) is 2. The highest BCUT2D eigenvalue weighted by Crippen LogP contribution is 2.27. The van der Waals surface area contributed by atoms with E-state index >= 15 is 0 Å². The molecule has 0 saturated carbocycles. The smallest absolute Gasteiger partial charge is 0.339 e. The molecule has 2 aromatic carbocycles. The van der Waals surface area contributed by atoms with Crippen molar-refractivity contribution in [2.24, 2.45) is 0 Å². The predicted molar refractivity (Wildman–Crippen MR) is 141 cm³/mol. The molecule has 1 aliphatic heterocycles. The summed E-state index contributed by atoms with van der Waals surface area (Å²) >= 11 is 0. The Bertz CT molecular complexity index is 1450. The van der Waals surface area contributed by atoms with Crippen LogP contribution in [0.5, 0.6) is 5.75 Å². The Kier molecular flexibility index (Phi) is 7.06. The van der Waals surface area contributed by atoms with Gasteiger partial charge >= 0.3 is 5.97 Å². The first kappa shape index (κ1) is 24.7. The van der Waals surface area contributed by atoms with Crippen molar-refractivity contribution < 1.29 is 23.8 Å². The minimum atomic E-state index is -0.560. The molecule has 7 heteroatoms. The first-order valence-electron chi connectivity index (χ1n) is 12.5. The van der Waals surface area contributed by atoms with Crippen LogP contribution in [0.1, 0.15) is 44.9 Å². The van der Waals surface area contributed by atoms with Crippen LogP contribution in [0, 0.1) is 13.8 Å². The SMILES string of the molecule is COc1ccc(-c2cc(C(=O)OCC(=O)c3cc(C)n(CC4CCCO4)c3C)c3ccccc3n2)cc1. The van der Waals surface area contributed by atoms with Gasteiger partial charge in [-0.2, -0.15) is 0 Å². The van der Waals surface area contributed by atoms with E-state index in [-0.39, 0.29) is 18.5 Å². The van der Waals surface area contributed by atoms with Gasteiger partial charge < -0.3 is 18.8 Å². The number of aromatic nitrogens is 2. The van der Waals surface area contributed by atoms with E-state index in [0.29, 0.717) is 27.7 Å². The third-order valence-corrected chi connectivity index (χ3v) is 6.94. The second-order valence-electron chi connectivity index (χ2n) is 9.33. The van der Waals surface area contributed by atoms with E-state index in [1.54, 1.807) is 13.2 Å². The van der Waals surface area contributed by atoms with Gasteiger partial charge in [0, 0.05) is 41.1 Å². The number of para-hydroxylation sites is 1. The summed E-state index contributed by atoms with van der Waals surface area (Å²) in [7, 11) is 1.61. The lowest BCUT2D eigenvalue weighted by Crippen LogP contribution is -2.18. The van der Waals surface area contributed by atoms with E-state index < -0.39 is 5.97 Å². The molecule has 0 aliphatic carbocycles. The molecule has 37 heavy (non-hydrogen) atoms. The summed E-state index contributed by atoms with van der Waals surface area (Å²) in [5.74, 6) is -0.0542. The number of pyridine rings is 1. The van der Waals surface area contributed by atoms with Gasteiger partial charge in [-0.25, -0.2) is 9.78 Å². The van der Waals surface area contributed by atoms with E-state index in [9.17, 15) is 9.59 Å². The van der Waals surface area contributed by atoms with Crippen molar-refractivity contribution in [2.75, 3.05) is 20.3 Å². The Morgan fingerprint density at radius 2 is 1.84 bits per heavy atom. The van der Waals surface area contributed by atoms with Gasteiger partial charge in [0.1, 0.15) is 5.75 Å². The Balaban J connectivity index is 1.36. The zero-order chi connectivity index (χ0) is 25.9. The minimum absolute atomic E-state index is 0.172. The van der Waals surface area contributed by atoms with Crippen molar-refractivity contribution in [1.82, 2.24) is 9.55 Å². The average molecular weight is 499 g/mol. The van der Waals surface area contributed by atoms with Crippen molar-refractivity contribution in [3.8, 4) is 17.0 Å². The Morgan fingerprint density at radius 3 is 2.57 bits per heavy atom. The molecule has 5 rings (SSSR count). The molecular formula is C30H30N2O5. The topological polar surface area (TPSA) is 79.7 Å². The van der Waals surface area contributed by atoms with Gasteiger partial charge in [0.15, 0.2) is 6.61 Å². The van der Waals surface area contributed by atoms with Crippen molar-refractivity contribution in [1.29, 1.82) is 0 Å². The lowest BCUT2D eigenvalue weighted by Gasteiger charge is -2.15. The summed E-state index contributed by atoms with van der Waals surface area (Å²) in [6.45, 7) is 5.08. The maximum Gasteiger partial charge on any atom is 0.339 e. The summed E-state index contributed by atoms with van der Waals surface area (Å²) in [6.07, 6.45) is 2.26. The molecule has 0 spiro atoms. The molecular weight excluding hydrogens is 468 g/mol. The number of carbonyl (C=O) groups excluding carboxylic acids is 2. The number of hydrogen-bond donors (Lipinski definition) is 0.